The molecule has 0 fully saturated rings. The SMILES string of the molecule is C[C@H](N)c1ccc(OCC(=O)NC(N)=O)cc1F. The maximum atomic E-state index is 13.5. The molecule has 1 rings (SSSR count). The predicted molar refractivity (Wildman–Crippen MR) is 62.2 cm³/mol. The lowest BCUT2D eigenvalue weighted by atomic mass is 10.1. The molecule has 0 aromatic heterocycles. The number of ether oxygens (including phenoxy) is 1. The quantitative estimate of drug-likeness (QED) is 0.724. The molecule has 3 amide bonds. The van der Waals surface area contributed by atoms with Crippen LogP contribution in [0.15, 0.2) is 18.2 Å². The first-order valence-corrected chi connectivity index (χ1v) is 5.17. The summed E-state index contributed by atoms with van der Waals surface area (Å²) >= 11 is 0. The topological polar surface area (TPSA) is 107 Å². The largest absolute Gasteiger partial charge is 0.484 e. The van der Waals surface area contributed by atoms with Gasteiger partial charge in [0.2, 0.25) is 0 Å². The predicted octanol–water partition coefficient (Wildman–Crippen LogP) is 0.419. The molecule has 0 aliphatic rings. The zero-order chi connectivity index (χ0) is 13.7. The van der Waals surface area contributed by atoms with Crippen LogP contribution in [0.3, 0.4) is 0 Å². The molecular formula is C11H14FN3O3. The van der Waals surface area contributed by atoms with Crippen molar-refractivity contribution in [1.82, 2.24) is 5.32 Å². The maximum Gasteiger partial charge on any atom is 0.318 e. The van der Waals surface area contributed by atoms with Crippen LogP contribution >= 0.6 is 0 Å². The molecule has 1 aromatic carbocycles. The van der Waals surface area contributed by atoms with Crippen LogP contribution < -0.4 is 21.5 Å². The number of nitrogens with one attached hydrogen (secondary N) is 1. The van der Waals surface area contributed by atoms with Gasteiger partial charge in [-0.15, -0.1) is 0 Å². The molecule has 0 heterocycles. The molecular weight excluding hydrogens is 241 g/mol. The number of nitrogens with two attached hydrogens (primary N) is 2. The van der Waals surface area contributed by atoms with Gasteiger partial charge in [0.15, 0.2) is 6.61 Å². The zero-order valence-electron chi connectivity index (χ0n) is 9.77. The monoisotopic (exact) mass is 255 g/mol. The van der Waals surface area contributed by atoms with Crippen molar-refractivity contribution in [2.24, 2.45) is 11.5 Å². The number of amides is 3. The van der Waals surface area contributed by atoms with Gasteiger partial charge >= 0.3 is 6.03 Å². The summed E-state index contributed by atoms with van der Waals surface area (Å²) in [5, 5.41) is 1.82. The van der Waals surface area contributed by atoms with E-state index in [-0.39, 0.29) is 5.75 Å². The number of carbonyl (C=O) groups is 2. The third-order valence-corrected chi connectivity index (χ3v) is 2.10. The molecule has 0 aliphatic heterocycles. The number of primary amides is 1. The fourth-order valence-electron chi connectivity index (χ4n) is 1.29. The van der Waals surface area contributed by atoms with Crippen LogP contribution in [-0.4, -0.2) is 18.5 Å². The van der Waals surface area contributed by atoms with Crippen LogP contribution in [0.2, 0.25) is 0 Å². The first-order valence-electron chi connectivity index (χ1n) is 5.17. The highest BCUT2D eigenvalue weighted by molar-refractivity contribution is 5.94. The number of benzene rings is 1. The van der Waals surface area contributed by atoms with E-state index in [1.54, 1.807) is 6.92 Å². The number of carbonyl (C=O) groups excluding carboxylic acids is 2. The lowest BCUT2D eigenvalue weighted by Gasteiger charge is -2.10. The summed E-state index contributed by atoms with van der Waals surface area (Å²) in [6.45, 7) is 1.22. The minimum atomic E-state index is -0.970. The van der Waals surface area contributed by atoms with Crippen molar-refractivity contribution in [2.45, 2.75) is 13.0 Å². The number of rotatable bonds is 4. The van der Waals surface area contributed by atoms with E-state index >= 15 is 0 Å². The Balaban J connectivity index is 2.61. The van der Waals surface area contributed by atoms with E-state index in [9.17, 15) is 14.0 Å². The van der Waals surface area contributed by atoms with Crippen molar-refractivity contribution in [3.05, 3.63) is 29.6 Å². The van der Waals surface area contributed by atoms with Gasteiger partial charge in [0.25, 0.3) is 5.91 Å². The normalized spacial score (nSPS) is 11.7. The van der Waals surface area contributed by atoms with Crippen LogP contribution in [0, 0.1) is 5.82 Å². The summed E-state index contributed by atoms with van der Waals surface area (Å²) in [6.07, 6.45) is 0. The maximum absolute atomic E-state index is 13.5. The Morgan fingerprint density at radius 2 is 2.17 bits per heavy atom. The molecule has 0 saturated heterocycles. The van der Waals surface area contributed by atoms with E-state index < -0.39 is 30.4 Å². The molecule has 1 aromatic rings. The molecule has 0 saturated carbocycles. The third-order valence-electron chi connectivity index (χ3n) is 2.10. The first kappa shape index (κ1) is 13.9. The van der Waals surface area contributed by atoms with Crippen molar-refractivity contribution in [2.75, 3.05) is 6.61 Å². The van der Waals surface area contributed by atoms with Crippen molar-refractivity contribution in [3.63, 3.8) is 0 Å². The molecule has 0 spiro atoms. The summed E-state index contributed by atoms with van der Waals surface area (Å²) in [6, 6.07) is 2.68. The fraction of sp³-hybridized carbons (Fsp3) is 0.273. The van der Waals surface area contributed by atoms with Gasteiger partial charge in [0.05, 0.1) is 0 Å². The number of urea groups is 1. The standard InChI is InChI=1S/C11H14FN3O3/c1-6(13)8-3-2-7(4-9(8)12)18-5-10(16)15-11(14)17/h2-4,6H,5,13H2,1H3,(H3,14,15,16,17)/t6-/m0/s1. The van der Waals surface area contributed by atoms with E-state index in [0.29, 0.717) is 5.56 Å². The second-order valence-electron chi connectivity index (χ2n) is 3.67. The van der Waals surface area contributed by atoms with E-state index in [2.05, 4.69) is 0 Å². The Hall–Kier alpha value is -2.15. The van der Waals surface area contributed by atoms with Gasteiger partial charge in [-0.25, -0.2) is 9.18 Å². The lowest BCUT2D eigenvalue weighted by molar-refractivity contribution is -0.121. The average Bonchev–Trinajstić information content (AvgIpc) is 2.25. The molecule has 98 valence electrons. The summed E-state index contributed by atoms with van der Waals surface area (Å²) in [5.41, 5.74) is 10.6. The molecule has 0 bridgehead atoms. The highest BCUT2D eigenvalue weighted by Gasteiger charge is 2.09. The third kappa shape index (κ3) is 4.02. The molecule has 7 heteroatoms. The molecule has 5 N–H and O–H groups in total. The van der Waals surface area contributed by atoms with Gasteiger partial charge in [0, 0.05) is 17.7 Å². The minimum absolute atomic E-state index is 0.163. The molecule has 18 heavy (non-hydrogen) atoms. The van der Waals surface area contributed by atoms with E-state index in [4.69, 9.17) is 16.2 Å². The van der Waals surface area contributed by atoms with Crippen LogP contribution in [-0.2, 0) is 4.79 Å². The van der Waals surface area contributed by atoms with Gasteiger partial charge < -0.3 is 16.2 Å². The average molecular weight is 255 g/mol. The second kappa shape index (κ2) is 5.97. The first-order chi connectivity index (χ1) is 8.40. The molecule has 6 nitrogen and oxygen atoms in total. The van der Waals surface area contributed by atoms with Crippen LogP contribution in [0.5, 0.6) is 5.75 Å². The van der Waals surface area contributed by atoms with Crippen LogP contribution in [0.1, 0.15) is 18.5 Å². The number of hydrogen-bond donors (Lipinski definition) is 3. The number of imide groups is 1. The Labute approximate surface area is 103 Å². The number of halogens is 1. The van der Waals surface area contributed by atoms with Crippen molar-refractivity contribution < 1.29 is 18.7 Å². The van der Waals surface area contributed by atoms with E-state index in [1.165, 1.54) is 12.1 Å². The Kier molecular flexibility index (Phi) is 4.61. The van der Waals surface area contributed by atoms with Gasteiger partial charge in [-0.05, 0) is 13.0 Å². The summed E-state index contributed by atoms with van der Waals surface area (Å²) < 4.78 is 18.5. The van der Waals surface area contributed by atoms with Crippen LogP contribution in [0.4, 0.5) is 9.18 Å². The van der Waals surface area contributed by atoms with E-state index in [0.717, 1.165) is 6.07 Å². The van der Waals surface area contributed by atoms with Gasteiger partial charge in [-0.2, -0.15) is 0 Å². The van der Waals surface area contributed by atoms with Crippen molar-refractivity contribution in [3.8, 4) is 5.75 Å². The fourth-order valence-corrected chi connectivity index (χ4v) is 1.29. The summed E-state index contributed by atoms with van der Waals surface area (Å²) in [4.78, 5) is 21.4. The van der Waals surface area contributed by atoms with Gasteiger partial charge in [0.1, 0.15) is 11.6 Å². The lowest BCUT2D eigenvalue weighted by Crippen LogP contribution is -2.38. The molecule has 0 unspecified atom stereocenters. The van der Waals surface area contributed by atoms with E-state index in [1.807, 2.05) is 5.32 Å². The van der Waals surface area contributed by atoms with Crippen LogP contribution in [0.25, 0.3) is 0 Å². The zero-order valence-corrected chi connectivity index (χ0v) is 9.77. The van der Waals surface area contributed by atoms with Crippen molar-refractivity contribution >= 4 is 11.9 Å². The molecule has 0 radical (unpaired) electrons. The summed E-state index contributed by atoms with van der Waals surface area (Å²) in [5.74, 6) is -1.06. The minimum Gasteiger partial charge on any atom is -0.484 e. The molecule has 0 aliphatic carbocycles. The molecule has 1 atom stereocenters. The smallest absolute Gasteiger partial charge is 0.318 e. The number of hydrogen-bond acceptors (Lipinski definition) is 4. The highest BCUT2D eigenvalue weighted by atomic mass is 19.1. The highest BCUT2D eigenvalue weighted by Crippen LogP contribution is 2.20. The second-order valence-corrected chi connectivity index (χ2v) is 3.67. The Morgan fingerprint density at radius 1 is 1.50 bits per heavy atom. The Morgan fingerprint density at radius 3 is 2.67 bits per heavy atom. The van der Waals surface area contributed by atoms with Crippen molar-refractivity contribution in [1.29, 1.82) is 0 Å². The Bertz CT molecular complexity index is 463. The van der Waals surface area contributed by atoms with Gasteiger partial charge in [-0.3, -0.25) is 10.1 Å². The van der Waals surface area contributed by atoms with Gasteiger partial charge in [-0.1, -0.05) is 6.07 Å². The summed E-state index contributed by atoms with van der Waals surface area (Å²) in [7, 11) is 0.